The Morgan fingerprint density at radius 1 is 0.833 bits per heavy atom. The third-order valence-corrected chi connectivity index (χ3v) is 4.40. The molecule has 0 aliphatic heterocycles. The van der Waals surface area contributed by atoms with Crippen LogP contribution in [0.3, 0.4) is 0 Å². The van der Waals surface area contributed by atoms with Gasteiger partial charge in [-0.1, -0.05) is 77.9 Å². The first-order valence-corrected chi connectivity index (χ1v) is 8.19. The smallest absolute Gasteiger partial charge is 0.121 e. The van der Waals surface area contributed by atoms with Crippen LogP contribution >= 0.6 is 0 Å². The minimum Gasteiger partial charge on any atom is -0.398 e. The van der Waals surface area contributed by atoms with Crippen LogP contribution in [-0.4, -0.2) is 5.11 Å². The zero-order valence-electron chi connectivity index (χ0n) is 14.2. The molecule has 3 rings (SSSR count). The molecule has 0 fully saturated rings. The Labute approximate surface area is 143 Å². The van der Waals surface area contributed by atoms with Crippen molar-refractivity contribution in [3.8, 4) is 0 Å². The van der Waals surface area contributed by atoms with E-state index in [0.717, 1.165) is 16.7 Å². The van der Waals surface area contributed by atoms with Crippen LogP contribution in [0.2, 0.25) is 0 Å². The Bertz CT molecular complexity index is 821. The Balaban J connectivity index is 2.14. The third kappa shape index (κ3) is 3.19. The van der Waals surface area contributed by atoms with Crippen LogP contribution in [0, 0.1) is 13.8 Å². The van der Waals surface area contributed by atoms with Crippen molar-refractivity contribution in [3.63, 3.8) is 0 Å². The van der Waals surface area contributed by atoms with Crippen LogP contribution in [0.1, 0.15) is 27.8 Å². The van der Waals surface area contributed by atoms with E-state index in [1.165, 1.54) is 11.1 Å². The van der Waals surface area contributed by atoms with E-state index in [4.69, 9.17) is 5.73 Å². The van der Waals surface area contributed by atoms with Gasteiger partial charge in [-0.05, 0) is 31.0 Å². The molecule has 0 saturated carbocycles. The third-order valence-electron chi connectivity index (χ3n) is 4.40. The van der Waals surface area contributed by atoms with E-state index < -0.39 is 5.60 Å². The number of hydrogen-bond donors (Lipinski definition) is 2. The number of nitrogen functional groups attached to an aromatic ring is 1. The van der Waals surface area contributed by atoms with Gasteiger partial charge in [-0.2, -0.15) is 0 Å². The van der Waals surface area contributed by atoms with E-state index in [1.807, 2.05) is 54.6 Å². The number of anilines is 1. The lowest BCUT2D eigenvalue weighted by molar-refractivity contribution is 0.0819. The number of rotatable bonds is 4. The summed E-state index contributed by atoms with van der Waals surface area (Å²) in [5.74, 6) is 0. The first-order chi connectivity index (χ1) is 11.5. The highest BCUT2D eigenvalue weighted by molar-refractivity contribution is 5.54. The molecule has 0 amide bonds. The van der Waals surface area contributed by atoms with Crippen LogP contribution in [-0.2, 0) is 12.0 Å². The minimum atomic E-state index is -1.16. The van der Waals surface area contributed by atoms with Gasteiger partial charge in [0.2, 0.25) is 0 Å². The summed E-state index contributed by atoms with van der Waals surface area (Å²) in [7, 11) is 0. The fourth-order valence-corrected chi connectivity index (χ4v) is 3.41. The summed E-state index contributed by atoms with van der Waals surface area (Å²) in [5, 5.41) is 11.7. The normalized spacial score (nSPS) is 13.5. The Hall–Kier alpha value is -2.58. The van der Waals surface area contributed by atoms with Crippen molar-refractivity contribution in [2.45, 2.75) is 25.9 Å². The summed E-state index contributed by atoms with van der Waals surface area (Å²) in [6.45, 7) is 4.16. The topological polar surface area (TPSA) is 46.2 Å². The van der Waals surface area contributed by atoms with E-state index in [9.17, 15) is 5.11 Å². The van der Waals surface area contributed by atoms with E-state index in [0.29, 0.717) is 12.1 Å². The number of para-hydroxylation sites is 1. The lowest BCUT2D eigenvalue weighted by Crippen LogP contribution is -2.31. The molecule has 1 unspecified atom stereocenters. The molecule has 0 saturated heterocycles. The second kappa shape index (κ2) is 6.50. The molecule has 3 aromatic rings. The maximum atomic E-state index is 11.7. The monoisotopic (exact) mass is 317 g/mol. The summed E-state index contributed by atoms with van der Waals surface area (Å²) in [4.78, 5) is 0. The number of aryl methyl sites for hydroxylation is 2. The van der Waals surface area contributed by atoms with Crippen LogP contribution in [0.15, 0.2) is 72.8 Å². The van der Waals surface area contributed by atoms with Crippen molar-refractivity contribution >= 4 is 5.69 Å². The largest absolute Gasteiger partial charge is 0.398 e. The molecule has 0 aromatic heterocycles. The van der Waals surface area contributed by atoms with Crippen LogP contribution < -0.4 is 5.73 Å². The van der Waals surface area contributed by atoms with Gasteiger partial charge in [0.1, 0.15) is 5.60 Å². The van der Waals surface area contributed by atoms with Gasteiger partial charge in [0.05, 0.1) is 0 Å². The fourth-order valence-electron chi connectivity index (χ4n) is 3.41. The molecule has 0 aliphatic rings. The van der Waals surface area contributed by atoms with Crippen LogP contribution in [0.5, 0.6) is 0 Å². The molecule has 0 radical (unpaired) electrons. The van der Waals surface area contributed by atoms with Gasteiger partial charge in [0.25, 0.3) is 0 Å². The van der Waals surface area contributed by atoms with Gasteiger partial charge in [-0.25, -0.2) is 0 Å². The van der Waals surface area contributed by atoms with E-state index in [-0.39, 0.29) is 0 Å². The van der Waals surface area contributed by atoms with Gasteiger partial charge >= 0.3 is 0 Å². The van der Waals surface area contributed by atoms with Gasteiger partial charge in [-0.15, -0.1) is 0 Å². The Kier molecular flexibility index (Phi) is 4.41. The van der Waals surface area contributed by atoms with Gasteiger partial charge < -0.3 is 10.8 Å². The first kappa shape index (κ1) is 16.3. The average molecular weight is 317 g/mol. The summed E-state index contributed by atoms with van der Waals surface area (Å²) in [6, 6.07) is 23.7. The van der Waals surface area contributed by atoms with E-state index in [2.05, 4.69) is 32.0 Å². The van der Waals surface area contributed by atoms with Crippen LogP contribution in [0.25, 0.3) is 0 Å². The average Bonchev–Trinajstić information content (AvgIpc) is 2.55. The van der Waals surface area contributed by atoms with Crippen molar-refractivity contribution in [2.24, 2.45) is 0 Å². The molecule has 3 N–H and O–H groups in total. The summed E-state index contributed by atoms with van der Waals surface area (Å²) in [6.07, 6.45) is 0.480. The molecule has 0 heterocycles. The molecule has 0 spiro atoms. The minimum absolute atomic E-state index is 0.480. The van der Waals surface area contributed by atoms with E-state index >= 15 is 0 Å². The summed E-state index contributed by atoms with van der Waals surface area (Å²) in [5.41, 5.74) is 10.7. The highest BCUT2D eigenvalue weighted by Crippen LogP contribution is 2.36. The molecule has 0 bridgehead atoms. The Morgan fingerprint density at radius 2 is 1.42 bits per heavy atom. The zero-order valence-corrected chi connectivity index (χ0v) is 14.2. The molecule has 3 aromatic carbocycles. The van der Waals surface area contributed by atoms with Crippen LogP contribution in [0.4, 0.5) is 5.69 Å². The van der Waals surface area contributed by atoms with Gasteiger partial charge in [0.15, 0.2) is 0 Å². The van der Waals surface area contributed by atoms with Crippen molar-refractivity contribution in [2.75, 3.05) is 5.73 Å². The molecule has 2 nitrogen and oxygen atoms in total. The quantitative estimate of drug-likeness (QED) is 0.702. The predicted molar refractivity (Wildman–Crippen MR) is 99.9 cm³/mol. The molecule has 2 heteroatoms. The van der Waals surface area contributed by atoms with Crippen molar-refractivity contribution in [3.05, 3.63) is 101 Å². The predicted octanol–water partition coefficient (Wildman–Crippen LogP) is 4.36. The SMILES string of the molecule is Cc1cc(C)cc(CC(O)(c2ccccc2)c2ccccc2N)c1. The fraction of sp³-hybridized carbons (Fsp3) is 0.182. The maximum Gasteiger partial charge on any atom is 0.121 e. The van der Waals surface area contributed by atoms with Crippen molar-refractivity contribution in [1.82, 2.24) is 0 Å². The zero-order chi connectivity index (χ0) is 17.2. The number of nitrogens with two attached hydrogens (primary N) is 1. The van der Waals surface area contributed by atoms with Gasteiger partial charge in [-0.3, -0.25) is 0 Å². The molecular weight excluding hydrogens is 294 g/mol. The Morgan fingerprint density at radius 3 is 2.04 bits per heavy atom. The van der Waals surface area contributed by atoms with Crippen molar-refractivity contribution < 1.29 is 5.11 Å². The maximum absolute atomic E-state index is 11.7. The molecule has 0 aliphatic carbocycles. The second-order valence-electron chi connectivity index (χ2n) is 6.49. The standard InChI is InChI=1S/C22H23NO/c1-16-12-17(2)14-18(13-16)15-22(24,19-8-4-3-5-9-19)20-10-6-7-11-21(20)23/h3-14,24H,15,23H2,1-2H3. The van der Waals surface area contributed by atoms with Crippen molar-refractivity contribution in [1.29, 1.82) is 0 Å². The van der Waals surface area contributed by atoms with Gasteiger partial charge in [0, 0.05) is 17.7 Å². The first-order valence-electron chi connectivity index (χ1n) is 8.19. The molecular formula is C22H23NO. The highest BCUT2D eigenvalue weighted by Gasteiger charge is 2.33. The number of hydrogen-bond acceptors (Lipinski definition) is 2. The lowest BCUT2D eigenvalue weighted by Gasteiger charge is -2.31. The lowest BCUT2D eigenvalue weighted by atomic mass is 9.80. The number of benzene rings is 3. The molecule has 1 atom stereocenters. The van der Waals surface area contributed by atoms with E-state index in [1.54, 1.807) is 0 Å². The summed E-state index contributed by atoms with van der Waals surface area (Å²) >= 11 is 0. The molecule has 122 valence electrons. The molecule has 24 heavy (non-hydrogen) atoms. The highest BCUT2D eigenvalue weighted by atomic mass is 16.3. The number of aliphatic hydroxyl groups is 1. The summed E-state index contributed by atoms with van der Waals surface area (Å²) < 4.78 is 0. The second-order valence-corrected chi connectivity index (χ2v) is 6.49.